The van der Waals surface area contributed by atoms with Gasteiger partial charge in [0, 0.05) is 12.7 Å². The number of nitrogens with one attached hydrogen (secondary N) is 2. The highest BCUT2D eigenvalue weighted by Crippen LogP contribution is 2.32. The maximum absolute atomic E-state index is 12.5. The van der Waals surface area contributed by atoms with Crippen molar-refractivity contribution in [2.45, 2.75) is 12.6 Å². The van der Waals surface area contributed by atoms with Crippen molar-refractivity contribution in [2.24, 2.45) is 0 Å². The van der Waals surface area contributed by atoms with Crippen molar-refractivity contribution in [1.29, 1.82) is 5.26 Å². The molecule has 3 aromatic rings. The third-order valence-electron chi connectivity index (χ3n) is 4.59. The van der Waals surface area contributed by atoms with Crippen LogP contribution in [0.15, 0.2) is 72.8 Å². The summed E-state index contributed by atoms with van der Waals surface area (Å²) in [5.41, 5.74) is 3.06. The number of carbonyl (C=O) groups excluding carboxylic acids is 1. The monoisotopic (exact) mass is 401 g/mol. The number of nitriles is 1. The number of likely N-dealkylation sites (N-methyl/N-ethyl adjacent to an activating group) is 1. The Morgan fingerprint density at radius 1 is 1.03 bits per heavy atom. The van der Waals surface area contributed by atoms with Gasteiger partial charge in [0.25, 0.3) is 0 Å². The van der Waals surface area contributed by atoms with Gasteiger partial charge in [0.1, 0.15) is 12.6 Å². The highest BCUT2D eigenvalue weighted by Gasteiger charge is 2.21. The summed E-state index contributed by atoms with van der Waals surface area (Å²) in [7, 11) is 3.15. The lowest BCUT2D eigenvalue weighted by Crippen LogP contribution is -2.30. The minimum atomic E-state index is -0.639. The first kappa shape index (κ1) is 20.7. The van der Waals surface area contributed by atoms with E-state index >= 15 is 0 Å². The fraction of sp³-hybridized carbons (Fsp3) is 0.167. The predicted molar refractivity (Wildman–Crippen MR) is 115 cm³/mol. The van der Waals surface area contributed by atoms with Crippen molar-refractivity contribution in [3.8, 4) is 17.6 Å². The highest BCUT2D eigenvalue weighted by atomic mass is 16.5. The lowest BCUT2D eigenvalue weighted by Gasteiger charge is -2.20. The molecule has 6 nitrogen and oxygen atoms in total. The molecule has 0 saturated heterocycles. The molecule has 1 atom stereocenters. The van der Waals surface area contributed by atoms with E-state index in [4.69, 9.17) is 14.7 Å². The second kappa shape index (κ2) is 9.99. The fourth-order valence-corrected chi connectivity index (χ4v) is 2.97. The van der Waals surface area contributed by atoms with E-state index < -0.39 is 6.04 Å². The standard InChI is InChI=1S/C24H23N3O3/c1-26-24(28)23(27-20-11-8-17(15-25)9-12-20)19-10-13-21(22(14-19)29-2)30-16-18-6-4-3-5-7-18/h3-14,23,27H,16H2,1-2H3,(H,26,28)/t23-/m0/s1. The average Bonchev–Trinajstić information content (AvgIpc) is 2.81. The van der Waals surface area contributed by atoms with E-state index in [-0.39, 0.29) is 5.91 Å². The summed E-state index contributed by atoms with van der Waals surface area (Å²) in [5, 5.41) is 14.8. The predicted octanol–water partition coefficient (Wildman–Crippen LogP) is 4.05. The van der Waals surface area contributed by atoms with Gasteiger partial charge >= 0.3 is 0 Å². The van der Waals surface area contributed by atoms with Crippen LogP contribution < -0.4 is 20.1 Å². The average molecular weight is 401 g/mol. The SMILES string of the molecule is CNC(=O)[C@@H](Nc1ccc(C#N)cc1)c1ccc(OCc2ccccc2)c(OC)c1. The Bertz CT molecular complexity index is 1030. The zero-order valence-corrected chi connectivity index (χ0v) is 16.9. The number of nitrogens with zero attached hydrogens (tertiary/aromatic N) is 1. The van der Waals surface area contributed by atoms with E-state index in [2.05, 4.69) is 16.7 Å². The van der Waals surface area contributed by atoms with Gasteiger partial charge in [-0.2, -0.15) is 5.26 Å². The van der Waals surface area contributed by atoms with Gasteiger partial charge in [-0.3, -0.25) is 4.79 Å². The molecule has 6 heteroatoms. The summed E-state index contributed by atoms with van der Waals surface area (Å²) in [6, 6.07) is 23.7. The molecule has 3 aromatic carbocycles. The summed E-state index contributed by atoms with van der Waals surface area (Å²) >= 11 is 0. The molecule has 3 rings (SSSR count). The zero-order valence-electron chi connectivity index (χ0n) is 16.9. The van der Waals surface area contributed by atoms with Crippen molar-refractivity contribution in [1.82, 2.24) is 5.32 Å². The normalized spacial score (nSPS) is 11.1. The molecule has 0 unspecified atom stereocenters. The Hall–Kier alpha value is -3.98. The maximum Gasteiger partial charge on any atom is 0.246 e. The zero-order chi connectivity index (χ0) is 21.3. The van der Waals surface area contributed by atoms with Crippen LogP contribution >= 0.6 is 0 Å². The molecule has 1 amide bonds. The molecule has 0 radical (unpaired) electrons. The lowest BCUT2D eigenvalue weighted by molar-refractivity contribution is -0.121. The van der Waals surface area contributed by atoms with E-state index in [9.17, 15) is 4.79 Å². The van der Waals surface area contributed by atoms with Gasteiger partial charge in [-0.15, -0.1) is 0 Å². The number of benzene rings is 3. The highest BCUT2D eigenvalue weighted by molar-refractivity contribution is 5.86. The van der Waals surface area contributed by atoms with Crippen LogP contribution in [0.2, 0.25) is 0 Å². The molecule has 0 bridgehead atoms. The number of amides is 1. The molecule has 30 heavy (non-hydrogen) atoms. The first-order chi connectivity index (χ1) is 14.6. The Balaban J connectivity index is 1.82. The molecule has 2 N–H and O–H groups in total. The topological polar surface area (TPSA) is 83.4 Å². The van der Waals surface area contributed by atoms with Gasteiger partial charge in [0.2, 0.25) is 5.91 Å². The third-order valence-corrected chi connectivity index (χ3v) is 4.59. The molecule has 0 aliphatic carbocycles. The van der Waals surface area contributed by atoms with Crippen molar-refractivity contribution < 1.29 is 14.3 Å². The third kappa shape index (κ3) is 5.09. The molecule has 0 aromatic heterocycles. The number of ether oxygens (including phenoxy) is 2. The lowest BCUT2D eigenvalue weighted by atomic mass is 10.0. The Kier molecular flexibility index (Phi) is 6.91. The van der Waals surface area contributed by atoms with Crippen LogP contribution in [0, 0.1) is 11.3 Å². The minimum absolute atomic E-state index is 0.195. The van der Waals surface area contributed by atoms with E-state index in [1.165, 1.54) is 0 Å². The molecule has 0 aliphatic rings. The van der Waals surface area contributed by atoms with Gasteiger partial charge in [-0.25, -0.2) is 0 Å². The van der Waals surface area contributed by atoms with Crippen LogP contribution in [-0.2, 0) is 11.4 Å². The molecule has 0 saturated carbocycles. The maximum atomic E-state index is 12.5. The van der Waals surface area contributed by atoms with Crippen LogP contribution in [0.25, 0.3) is 0 Å². The van der Waals surface area contributed by atoms with Crippen LogP contribution in [0.3, 0.4) is 0 Å². The van der Waals surface area contributed by atoms with Gasteiger partial charge in [-0.1, -0.05) is 36.4 Å². The largest absolute Gasteiger partial charge is 0.493 e. The fourth-order valence-electron chi connectivity index (χ4n) is 2.97. The number of carbonyl (C=O) groups is 1. The smallest absolute Gasteiger partial charge is 0.246 e. The molecular weight excluding hydrogens is 378 g/mol. The van der Waals surface area contributed by atoms with Crippen LogP contribution in [-0.4, -0.2) is 20.1 Å². The van der Waals surface area contributed by atoms with E-state index in [0.29, 0.717) is 23.7 Å². The van der Waals surface area contributed by atoms with Gasteiger partial charge in [-0.05, 0) is 47.5 Å². The molecule has 152 valence electrons. The van der Waals surface area contributed by atoms with E-state index in [0.717, 1.165) is 16.8 Å². The van der Waals surface area contributed by atoms with E-state index in [1.54, 1.807) is 50.6 Å². The summed E-state index contributed by atoms with van der Waals surface area (Å²) in [5.74, 6) is 0.942. The van der Waals surface area contributed by atoms with Crippen LogP contribution in [0.1, 0.15) is 22.7 Å². The molecule has 0 fully saturated rings. The number of methoxy groups -OCH3 is 1. The summed E-state index contributed by atoms with van der Waals surface area (Å²) in [6.45, 7) is 0.416. The van der Waals surface area contributed by atoms with Crippen LogP contribution in [0.4, 0.5) is 5.69 Å². The summed E-state index contributed by atoms with van der Waals surface area (Å²) in [6.07, 6.45) is 0. The Labute approximate surface area is 176 Å². The van der Waals surface area contributed by atoms with Gasteiger partial charge in [0.15, 0.2) is 11.5 Å². The molecule has 0 heterocycles. The van der Waals surface area contributed by atoms with Crippen LogP contribution in [0.5, 0.6) is 11.5 Å². The van der Waals surface area contributed by atoms with Gasteiger partial charge < -0.3 is 20.1 Å². The quantitative estimate of drug-likeness (QED) is 0.595. The molecule has 0 spiro atoms. The van der Waals surface area contributed by atoms with Crippen molar-refractivity contribution in [3.63, 3.8) is 0 Å². The Morgan fingerprint density at radius 2 is 1.77 bits per heavy atom. The van der Waals surface area contributed by atoms with Gasteiger partial charge in [0.05, 0.1) is 18.7 Å². The van der Waals surface area contributed by atoms with Crippen molar-refractivity contribution in [3.05, 3.63) is 89.5 Å². The minimum Gasteiger partial charge on any atom is -0.493 e. The van der Waals surface area contributed by atoms with E-state index in [1.807, 2.05) is 36.4 Å². The number of rotatable bonds is 8. The second-order valence-corrected chi connectivity index (χ2v) is 6.57. The number of hydrogen-bond acceptors (Lipinski definition) is 5. The summed E-state index contributed by atoms with van der Waals surface area (Å²) in [4.78, 5) is 12.5. The number of anilines is 1. The number of hydrogen-bond donors (Lipinski definition) is 2. The first-order valence-corrected chi connectivity index (χ1v) is 9.47. The van der Waals surface area contributed by atoms with Crippen molar-refractivity contribution in [2.75, 3.05) is 19.5 Å². The summed E-state index contributed by atoms with van der Waals surface area (Å²) < 4.78 is 11.4. The molecular formula is C24H23N3O3. The Morgan fingerprint density at radius 3 is 2.40 bits per heavy atom. The molecule has 0 aliphatic heterocycles. The first-order valence-electron chi connectivity index (χ1n) is 9.47. The second-order valence-electron chi connectivity index (χ2n) is 6.57. The van der Waals surface area contributed by atoms with Crippen molar-refractivity contribution >= 4 is 11.6 Å².